The van der Waals surface area contributed by atoms with Crippen molar-refractivity contribution in [1.29, 1.82) is 5.26 Å². The number of anilines is 1. The first kappa shape index (κ1) is 14.3. The van der Waals surface area contributed by atoms with Crippen LogP contribution in [0.3, 0.4) is 0 Å². The van der Waals surface area contributed by atoms with Crippen LogP contribution in [0.1, 0.15) is 17.5 Å². The molecule has 1 atom stereocenters. The Balaban J connectivity index is 1.62. The molecule has 0 aliphatic carbocycles. The number of nitrogens with zero attached hydrogens (tertiary/aromatic N) is 4. The predicted octanol–water partition coefficient (Wildman–Crippen LogP) is 1.19. The van der Waals surface area contributed by atoms with Crippen molar-refractivity contribution in [2.24, 2.45) is 7.05 Å². The third-order valence-corrected chi connectivity index (χ3v) is 3.82. The third kappa shape index (κ3) is 2.85. The van der Waals surface area contributed by atoms with Gasteiger partial charge in [-0.2, -0.15) is 10.4 Å². The largest absolute Gasteiger partial charge is 0.308 e. The number of hydrogen-bond acceptors (Lipinski definition) is 4. The Labute approximate surface area is 129 Å². The number of nitrogens with one attached hydrogen (secondary N) is 1. The van der Waals surface area contributed by atoms with Gasteiger partial charge in [-0.3, -0.25) is 9.48 Å². The van der Waals surface area contributed by atoms with Gasteiger partial charge in [0.1, 0.15) is 0 Å². The quantitative estimate of drug-likeness (QED) is 0.919. The number of hydrogen-bond donors (Lipinski definition) is 1. The summed E-state index contributed by atoms with van der Waals surface area (Å²) < 4.78 is 1.69. The van der Waals surface area contributed by atoms with Crippen molar-refractivity contribution in [2.45, 2.75) is 19.0 Å². The Morgan fingerprint density at radius 3 is 3.09 bits per heavy atom. The van der Waals surface area contributed by atoms with E-state index in [9.17, 15) is 4.79 Å². The lowest BCUT2D eigenvalue weighted by atomic mass is 10.1. The lowest BCUT2D eigenvalue weighted by molar-refractivity contribution is -0.118. The second-order valence-corrected chi connectivity index (χ2v) is 5.40. The first-order valence-corrected chi connectivity index (χ1v) is 7.20. The second-order valence-electron chi connectivity index (χ2n) is 5.40. The number of carbonyl (C=O) groups is 1. The van der Waals surface area contributed by atoms with Gasteiger partial charge in [0.15, 0.2) is 0 Å². The molecule has 1 aromatic heterocycles. The zero-order valence-electron chi connectivity index (χ0n) is 12.4. The average molecular weight is 295 g/mol. The lowest BCUT2D eigenvalue weighted by Gasteiger charge is -2.15. The van der Waals surface area contributed by atoms with Crippen molar-refractivity contribution in [1.82, 2.24) is 15.1 Å². The van der Waals surface area contributed by atoms with Crippen molar-refractivity contribution >= 4 is 11.6 Å². The van der Waals surface area contributed by atoms with Gasteiger partial charge in [-0.15, -0.1) is 0 Å². The number of aromatic nitrogens is 2. The molecule has 1 unspecified atom stereocenters. The molecule has 2 heterocycles. The Morgan fingerprint density at radius 2 is 2.36 bits per heavy atom. The van der Waals surface area contributed by atoms with Crippen molar-refractivity contribution in [3.05, 3.63) is 47.8 Å². The van der Waals surface area contributed by atoms with Crippen LogP contribution in [0.2, 0.25) is 0 Å². The molecule has 1 amide bonds. The van der Waals surface area contributed by atoms with E-state index in [0.717, 1.165) is 17.7 Å². The summed E-state index contributed by atoms with van der Waals surface area (Å²) in [5.74, 6) is 0.0736. The highest BCUT2D eigenvalue weighted by Crippen LogP contribution is 2.20. The molecule has 0 radical (unpaired) electrons. The minimum Gasteiger partial charge on any atom is -0.308 e. The zero-order chi connectivity index (χ0) is 15.5. The van der Waals surface area contributed by atoms with Crippen LogP contribution in [0, 0.1) is 11.3 Å². The molecule has 0 bridgehead atoms. The van der Waals surface area contributed by atoms with E-state index < -0.39 is 0 Å². The van der Waals surface area contributed by atoms with Crippen LogP contribution < -0.4 is 10.2 Å². The number of benzene rings is 1. The van der Waals surface area contributed by atoms with E-state index >= 15 is 0 Å². The summed E-state index contributed by atoms with van der Waals surface area (Å²) in [5, 5.41) is 16.3. The Bertz CT molecular complexity index is 730. The number of amides is 1. The van der Waals surface area contributed by atoms with Gasteiger partial charge in [-0.05, 0) is 24.1 Å². The maximum atomic E-state index is 12.4. The highest BCUT2D eigenvalue weighted by atomic mass is 16.2. The standard InChI is InChI=1S/C16H17N5O/c1-20-11-14(10-19-20)21-6-5-15(16(21)22)18-9-13-4-2-3-12(7-13)8-17/h2-4,7,10-11,15,18H,5-6,9H2,1H3. The summed E-state index contributed by atoms with van der Waals surface area (Å²) in [4.78, 5) is 14.2. The minimum atomic E-state index is -0.189. The normalized spacial score (nSPS) is 17.7. The van der Waals surface area contributed by atoms with E-state index in [1.165, 1.54) is 0 Å². The predicted molar refractivity (Wildman–Crippen MR) is 82.0 cm³/mol. The zero-order valence-corrected chi connectivity index (χ0v) is 12.4. The molecule has 6 nitrogen and oxygen atoms in total. The molecule has 3 rings (SSSR count). The summed E-state index contributed by atoms with van der Waals surface area (Å²) >= 11 is 0. The van der Waals surface area contributed by atoms with Crippen molar-refractivity contribution < 1.29 is 4.79 Å². The molecule has 1 saturated heterocycles. The molecule has 6 heteroatoms. The van der Waals surface area contributed by atoms with Crippen LogP contribution in [-0.4, -0.2) is 28.3 Å². The lowest BCUT2D eigenvalue weighted by Crippen LogP contribution is -2.37. The molecule has 1 fully saturated rings. The number of carbonyl (C=O) groups excluding carboxylic acids is 1. The van der Waals surface area contributed by atoms with E-state index in [2.05, 4.69) is 16.5 Å². The van der Waals surface area contributed by atoms with E-state index in [4.69, 9.17) is 5.26 Å². The third-order valence-electron chi connectivity index (χ3n) is 3.82. The molecule has 1 aliphatic heterocycles. The molecule has 0 saturated carbocycles. The molecular formula is C16H17N5O. The number of rotatable bonds is 4. The van der Waals surface area contributed by atoms with Gasteiger partial charge in [0.25, 0.3) is 0 Å². The Kier molecular flexibility index (Phi) is 3.90. The molecule has 1 N–H and O–H groups in total. The minimum absolute atomic E-state index is 0.0736. The molecule has 1 aromatic carbocycles. The van der Waals surface area contributed by atoms with Crippen LogP contribution in [0.25, 0.3) is 0 Å². The van der Waals surface area contributed by atoms with Crippen LogP contribution in [-0.2, 0) is 18.4 Å². The van der Waals surface area contributed by atoms with E-state index in [1.807, 2.05) is 31.4 Å². The molecule has 2 aromatic rings. The Hall–Kier alpha value is -2.65. The van der Waals surface area contributed by atoms with Crippen LogP contribution in [0.4, 0.5) is 5.69 Å². The Morgan fingerprint density at radius 1 is 1.50 bits per heavy atom. The highest BCUT2D eigenvalue weighted by molar-refractivity contribution is 5.99. The highest BCUT2D eigenvalue weighted by Gasteiger charge is 2.32. The van der Waals surface area contributed by atoms with Gasteiger partial charge in [-0.1, -0.05) is 12.1 Å². The fourth-order valence-electron chi connectivity index (χ4n) is 2.67. The summed E-state index contributed by atoms with van der Waals surface area (Å²) in [6.07, 6.45) is 4.32. The van der Waals surface area contributed by atoms with E-state index in [-0.39, 0.29) is 11.9 Å². The molecule has 112 valence electrons. The van der Waals surface area contributed by atoms with Gasteiger partial charge < -0.3 is 10.2 Å². The van der Waals surface area contributed by atoms with Crippen molar-refractivity contribution in [3.8, 4) is 6.07 Å². The summed E-state index contributed by atoms with van der Waals surface area (Å²) in [6, 6.07) is 9.35. The van der Waals surface area contributed by atoms with E-state index in [1.54, 1.807) is 21.8 Å². The van der Waals surface area contributed by atoms with Gasteiger partial charge in [0, 0.05) is 26.3 Å². The summed E-state index contributed by atoms with van der Waals surface area (Å²) in [6.45, 7) is 1.27. The maximum absolute atomic E-state index is 12.4. The van der Waals surface area contributed by atoms with Gasteiger partial charge >= 0.3 is 0 Å². The smallest absolute Gasteiger partial charge is 0.244 e. The molecule has 22 heavy (non-hydrogen) atoms. The monoisotopic (exact) mass is 295 g/mol. The summed E-state index contributed by atoms with van der Waals surface area (Å²) in [7, 11) is 1.84. The average Bonchev–Trinajstić information content (AvgIpc) is 3.11. The first-order valence-electron chi connectivity index (χ1n) is 7.20. The fraction of sp³-hybridized carbons (Fsp3) is 0.312. The van der Waals surface area contributed by atoms with E-state index in [0.29, 0.717) is 18.7 Å². The van der Waals surface area contributed by atoms with Crippen molar-refractivity contribution in [2.75, 3.05) is 11.4 Å². The SMILES string of the molecule is Cn1cc(N2CCC(NCc3cccc(C#N)c3)C2=O)cn1. The fourth-order valence-corrected chi connectivity index (χ4v) is 2.67. The molecular weight excluding hydrogens is 278 g/mol. The number of nitriles is 1. The van der Waals surface area contributed by atoms with Gasteiger partial charge in [0.2, 0.25) is 5.91 Å². The van der Waals surface area contributed by atoms with Gasteiger partial charge in [0.05, 0.1) is 29.6 Å². The van der Waals surface area contributed by atoms with Crippen LogP contribution in [0.5, 0.6) is 0 Å². The van der Waals surface area contributed by atoms with Crippen LogP contribution >= 0.6 is 0 Å². The topological polar surface area (TPSA) is 73.9 Å². The molecule has 0 spiro atoms. The summed E-state index contributed by atoms with van der Waals surface area (Å²) in [5.41, 5.74) is 2.48. The maximum Gasteiger partial charge on any atom is 0.244 e. The van der Waals surface area contributed by atoms with Crippen molar-refractivity contribution in [3.63, 3.8) is 0 Å². The number of aryl methyl sites for hydroxylation is 1. The second kappa shape index (κ2) is 6.00. The van der Waals surface area contributed by atoms with Gasteiger partial charge in [-0.25, -0.2) is 0 Å². The van der Waals surface area contributed by atoms with Crippen LogP contribution in [0.15, 0.2) is 36.7 Å². The molecule has 1 aliphatic rings. The first-order chi connectivity index (χ1) is 10.7.